The van der Waals surface area contributed by atoms with Gasteiger partial charge in [0.1, 0.15) is 6.61 Å². The van der Waals surface area contributed by atoms with Gasteiger partial charge in [-0.3, -0.25) is 9.69 Å². The number of aryl methyl sites for hydroxylation is 2. The second-order valence-corrected chi connectivity index (χ2v) is 7.83. The highest BCUT2D eigenvalue weighted by Crippen LogP contribution is 2.35. The number of cyclic esters (lactones) is 1. The Bertz CT molecular complexity index is 1130. The standard InChI is InChI=1S/C25H25N3O3/c1-15-12-20(13-16(2)17(15)3)28-23(14-31-25(28)30)18-8-10-19(11-9-18)24(29)27-22-7-5-4-6-21(22)26/h4-13,23H,14,26H2,1-3H3,(H,27,29). The molecule has 6 heteroatoms. The average Bonchev–Trinajstić information content (AvgIpc) is 3.14. The Labute approximate surface area is 181 Å². The molecule has 4 rings (SSSR count). The fourth-order valence-corrected chi connectivity index (χ4v) is 3.77. The van der Waals surface area contributed by atoms with E-state index in [1.807, 2.05) is 50.2 Å². The Hall–Kier alpha value is -3.80. The van der Waals surface area contributed by atoms with Gasteiger partial charge in [0.05, 0.1) is 17.4 Å². The Morgan fingerprint density at radius 3 is 2.32 bits per heavy atom. The minimum atomic E-state index is -0.367. The number of carbonyl (C=O) groups is 2. The number of nitrogens with one attached hydrogen (secondary N) is 1. The number of nitrogens with two attached hydrogens (primary N) is 1. The summed E-state index contributed by atoms with van der Waals surface area (Å²) in [4.78, 5) is 26.8. The first-order valence-corrected chi connectivity index (χ1v) is 10.1. The molecule has 3 aromatic rings. The number of anilines is 3. The average molecular weight is 415 g/mol. The van der Waals surface area contributed by atoms with Crippen molar-refractivity contribution in [1.82, 2.24) is 0 Å². The van der Waals surface area contributed by atoms with Gasteiger partial charge in [0.15, 0.2) is 0 Å². The van der Waals surface area contributed by atoms with E-state index in [0.717, 1.165) is 22.4 Å². The van der Waals surface area contributed by atoms with Crippen molar-refractivity contribution >= 4 is 29.1 Å². The summed E-state index contributed by atoms with van der Waals surface area (Å²) in [6.07, 6.45) is -0.367. The van der Waals surface area contributed by atoms with Crippen molar-refractivity contribution in [2.24, 2.45) is 0 Å². The zero-order valence-electron chi connectivity index (χ0n) is 17.8. The Balaban J connectivity index is 1.57. The Kier molecular flexibility index (Phi) is 5.38. The number of carbonyl (C=O) groups excluding carboxylic acids is 2. The highest BCUT2D eigenvalue weighted by molar-refractivity contribution is 6.05. The third-order valence-electron chi connectivity index (χ3n) is 5.83. The first-order valence-electron chi connectivity index (χ1n) is 10.1. The van der Waals surface area contributed by atoms with Gasteiger partial charge in [-0.2, -0.15) is 0 Å². The second-order valence-electron chi connectivity index (χ2n) is 7.83. The molecule has 3 aromatic carbocycles. The smallest absolute Gasteiger partial charge is 0.415 e. The van der Waals surface area contributed by atoms with Crippen LogP contribution in [0, 0.1) is 20.8 Å². The summed E-state index contributed by atoms with van der Waals surface area (Å²) >= 11 is 0. The van der Waals surface area contributed by atoms with Crippen molar-refractivity contribution in [3.05, 3.63) is 88.5 Å². The summed E-state index contributed by atoms with van der Waals surface area (Å²) in [5, 5.41) is 2.82. The van der Waals surface area contributed by atoms with Gasteiger partial charge in [-0.05, 0) is 79.4 Å². The van der Waals surface area contributed by atoms with Crippen molar-refractivity contribution in [2.75, 3.05) is 22.6 Å². The van der Waals surface area contributed by atoms with E-state index >= 15 is 0 Å². The van der Waals surface area contributed by atoms with Gasteiger partial charge in [-0.1, -0.05) is 24.3 Å². The molecule has 1 saturated heterocycles. The van der Waals surface area contributed by atoms with Gasteiger partial charge in [0, 0.05) is 11.3 Å². The summed E-state index contributed by atoms with van der Waals surface area (Å²) < 4.78 is 5.36. The zero-order chi connectivity index (χ0) is 22.1. The molecule has 1 aliphatic heterocycles. The summed E-state index contributed by atoms with van der Waals surface area (Å²) in [6, 6.07) is 18.1. The molecule has 3 N–H and O–H groups in total. The van der Waals surface area contributed by atoms with Crippen LogP contribution in [-0.4, -0.2) is 18.6 Å². The van der Waals surface area contributed by atoms with Crippen LogP contribution >= 0.6 is 0 Å². The van der Waals surface area contributed by atoms with Gasteiger partial charge in [-0.15, -0.1) is 0 Å². The molecule has 0 bridgehead atoms. The molecule has 1 atom stereocenters. The third-order valence-corrected chi connectivity index (χ3v) is 5.83. The van der Waals surface area contributed by atoms with Crippen molar-refractivity contribution < 1.29 is 14.3 Å². The Morgan fingerprint density at radius 2 is 1.68 bits per heavy atom. The highest BCUT2D eigenvalue weighted by atomic mass is 16.6. The predicted octanol–water partition coefficient (Wildman–Crippen LogP) is 5.14. The van der Waals surface area contributed by atoms with E-state index in [-0.39, 0.29) is 24.6 Å². The number of amides is 2. The number of hydrogen-bond donors (Lipinski definition) is 2. The van der Waals surface area contributed by atoms with E-state index in [1.54, 1.807) is 29.2 Å². The van der Waals surface area contributed by atoms with Crippen LogP contribution in [0.25, 0.3) is 0 Å². The fraction of sp³-hybridized carbons (Fsp3) is 0.200. The zero-order valence-corrected chi connectivity index (χ0v) is 17.8. The lowest BCUT2D eigenvalue weighted by molar-refractivity contribution is 0.102. The second kappa shape index (κ2) is 8.14. The Morgan fingerprint density at radius 1 is 1.03 bits per heavy atom. The molecule has 1 heterocycles. The van der Waals surface area contributed by atoms with Crippen LogP contribution in [0.4, 0.5) is 21.9 Å². The molecular weight excluding hydrogens is 390 g/mol. The number of benzene rings is 3. The maximum atomic E-state index is 12.6. The van der Waals surface area contributed by atoms with Crippen LogP contribution in [0.1, 0.15) is 38.7 Å². The van der Waals surface area contributed by atoms with Crippen LogP contribution in [0.15, 0.2) is 60.7 Å². The molecule has 6 nitrogen and oxygen atoms in total. The van der Waals surface area contributed by atoms with E-state index < -0.39 is 0 Å². The first-order chi connectivity index (χ1) is 14.8. The van der Waals surface area contributed by atoms with Crippen LogP contribution in [-0.2, 0) is 4.74 Å². The van der Waals surface area contributed by atoms with Crippen LogP contribution < -0.4 is 16.0 Å². The number of rotatable bonds is 4. The largest absolute Gasteiger partial charge is 0.447 e. The fourth-order valence-electron chi connectivity index (χ4n) is 3.77. The van der Waals surface area contributed by atoms with Gasteiger partial charge in [-0.25, -0.2) is 4.79 Å². The summed E-state index contributed by atoms with van der Waals surface area (Å²) in [5.74, 6) is -0.246. The van der Waals surface area contributed by atoms with Gasteiger partial charge < -0.3 is 15.8 Å². The summed E-state index contributed by atoms with van der Waals surface area (Å²) in [7, 11) is 0. The maximum Gasteiger partial charge on any atom is 0.415 e. The molecule has 1 unspecified atom stereocenters. The summed E-state index contributed by atoms with van der Waals surface area (Å²) in [6.45, 7) is 6.41. The molecule has 158 valence electrons. The van der Waals surface area contributed by atoms with Crippen molar-refractivity contribution in [1.29, 1.82) is 0 Å². The van der Waals surface area contributed by atoms with Crippen molar-refractivity contribution in [2.45, 2.75) is 26.8 Å². The van der Waals surface area contributed by atoms with E-state index in [9.17, 15) is 9.59 Å². The van der Waals surface area contributed by atoms with Crippen molar-refractivity contribution in [3.8, 4) is 0 Å². The lowest BCUT2D eigenvalue weighted by Gasteiger charge is -2.23. The number of nitrogen functional groups attached to an aromatic ring is 1. The number of para-hydroxylation sites is 2. The first kappa shape index (κ1) is 20.5. The van der Waals surface area contributed by atoms with Crippen LogP contribution in [0.2, 0.25) is 0 Å². The highest BCUT2D eigenvalue weighted by Gasteiger charge is 2.35. The number of nitrogens with zero attached hydrogens (tertiary/aromatic N) is 1. The normalized spacial score (nSPS) is 15.6. The van der Waals surface area contributed by atoms with Gasteiger partial charge in [0.2, 0.25) is 0 Å². The lowest BCUT2D eigenvalue weighted by atomic mass is 10.0. The molecule has 0 aliphatic carbocycles. The van der Waals surface area contributed by atoms with E-state index in [2.05, 4.69) is 12.2 Å². The summed E-state index contributed by atoms with van der Waals surface area (Å²) in [5.41, 5.74) is 12.7. The number of ether oxygens (including phenoxy) is 1. The molecule has 0 radical (unpaired) electrons. The van der Waals surface area contributed by atoms with E-state index in [4.69, 9.17) is 10.5 Å². The molecule has 2 amide bonds. The molecule has 1 fully saturated rings. The minimum Gasteiger partial charge on any atom is -0.447 e. The van der Waals surface area contributed by atoms with E-state index in [1.165, 1.54) is 5.56 Å². The van der Waals surface area contributed by atoms with E-state index in [0.29, 0.717) is 16.9 Å². The SMILES string of the molecule is Cc1cc(N2C(=O)OCC2c2ccc(C(=O)Nc3ccccc3N)cc2)cc(C)c1C. The topological polar surface area (TPSA) is 84.7 Å². The van der Waals surface area contributed by atoms with Crippen LogP contribution in [0.3, 0.4) is 0 Å². The predicted molar refractivity (Wildman–Crippen MR) is 122 cm³/mol. The molecule has 0 spiro atoms. The molecule has 31 heavy (non-hydrogen) atoms. The third kappa shape index (κ3) is 3.97. The minimum absolute atomic E-state index is 0.246. The lowest BCUT2D eigenvalue weighted by Crippen LogP contribution is -2.27. The molecular formula is C25H25N3O3. The van der Waals surface area contributed by atoms with Gasteiger partial charge in [0.25, 0.3) is 5.91 Å². The molecule has 1 aliphatic rings. The molecule has 0 aromatic heterocycles. The monoisotopic (exact) mass is 415 g/mol. The quantitative estimate of drug-likeness (QED) is 0.578. The molecule has 0 saturated carbocycles. The van der Waals surface area contributed by atoms with Gasteiger partial charge >= 0.3 is 6.09 Å². The number of hydrogen-bond acceptors (Lipinski definition) is 4. The maximum absolute atomic E-state index is 12.6. The van der Waals surface area contributed by atoms with Crippen molar-refractivity contribution in [3.63, 3.8) is 0 Å². The van der Waals surface area contributed by atoms with Crippen LogP contribution in [0.5, 0.6) is 0 Å².